The zero-order chi connectivity index (χ0) is 10.7. The van der Waals surface area contributed by atoms with Gasteiger partial charge in [-0.2, -0.15) is 0 Å². The summed E-state index contributed by atoms with van der Waals surface area (Å²) in [5.41, 5.74) is 0. The van der Waals surface area contributed by atoms with E-state index in [2.05, 4.69) is 24.1 Å². The summed E-state index contributed by atoms with van der Waals surface area (Å²) >= 11 is 0. The Morgan fingerprint density at radius 2 is 2.33 bits per heavy atom. The molecule has 0 aromatic rings. The van der Waals surface area contributed by atoms with Crippen LogP contribution in [0.2, 0.25) is 0 Å². The van der Waals surface area contributed by atoms with Crippen LogP contribution in [-0.2, 0) is 4.74 Å². The third-order valence-electron chi connectivity index (χ3n) is 3.67. The lowest BCUT2D eigenvalue weighted by atomic mass is 10.1. The molecule has 0 radical (unpaired) electrons. The van der Waals surface area contributed by atoms with Gasteiger partial charge in [-0.1, -0.05) is 6.92 Å². The number of nitrogens with zero attached hydrogens (tertiary/aromatic N) is 1. The molecule has 1 N–H and O–H groups in total. The fraction of sp³-hybridized carbons (Fsp3) is 1.00. The average molecular weight is 212 g/mol. The second kappa shape index (κ2) is 5.28. The quantitative estimate of drug-likeness (QED) is 0.762. The smallest absolute Gasteiger partial charge is 0.0674 e. The lowest BCUT2D eigenvalue weighted by Crippen LogP contribution is -2.52. The molecule has 88 valence electrons. The highest BCUT2D eigenvalue weighted by atomic mass is 16.5. The van der Waals surface area contributed by atoms with Gasteiger partial charge in [-0.15, -0.1) is 0 Å². The van der Waals surface area contributed by atoms with E-state index in [0.717, 1.165) is 19.2 Å². The van der Waals surface area contributed by atoms with Crippen LogP contribution in [0.3, 0.4) is 0 Å². The van der Waals surface area contributed by atoms with Gasteiger partial charge in [0.05, 0.1) is 12.7 Å². The van der Waals surface area contributed by atoms with Gasteiger partial charge in [0.25, 0.3) is 0 Å². The van der Waals surface area contributed by atoms with Crippen molar-refractivity contribution in [3.63, 3.8) is 0 Å². The van der Waals surface area contributed by atoms with E-state index in [4.69, 9.17) is 4.74 Å². The maximum absolute atomic E-state index is 5.71. The molecule has 2 aliphatic rings. The summed E-state index contributed by atoms with van der Waals surface area (Å²) in [4.78, 5) is 2.62. The van der Waals surface area contributed by atoms with E-state index < -0.39 is 0 Å². The SMILES string of the molecule is CCC1COC(C)CN1CC1CCCN1. The van der Waals surface area contributed by atoms with Crippen LogP contribution in [0, 0.1) is 0 Å². The first-order valence-corrected chi connectivity index (χ1v) is 6.38. The monoisotopic (exact) mass is 212 g/mol. The predicted molar refractivity (Wildman–Crippen MR) is 62.1 cm³/mol. The Hall–Kier alpha value is -0.120. The van der Waals surface area contributed by atoms with E-state index >= 15 is 0 Å². The molecule has 2 rings (SSSR count). The lowest BCUT2D eigenvalue weighted by molar-refractivity contribution is -0.0579. The third kappa shape index (κ3) is 2.92. The van der Waals surface area contributed by atoms with Crippen molar-refractivity contribution in [1.82, 2.24) is 10.2 Å². The van der Waals surface area contributed by atoms with Crippen molar-refractivity contribution in [3.05, 3.63) is 0 Å². The first kappa shape index (κ1) is 11.4. The summed E-state index contributed by atoms with van der Waals surface area (Å²) in [5.74, 6) is 0. The zero-order valence-corrected chi connectivity index (χ0v) is 10.0. The van der Waals surface area contributed by atoms with Gasteiger partial charge in [0.15, 0.2) is 0 Å². The fourth-order valence-corrected chi connectivity index (χ4v) is 2.71. The molecule has 0 bridgehead atoms. The maximum atomic E-state index is 5.71. The Kier molecular flexibility index (Phi) is 4.00. The topological polar surface area (TPSA) is 24.5 Å². The van der Waals surface area contributed by atoms with Gasteiger partial charge in [-0.05, 0) is 32.7 Å². The molecule has 0 aliphatic carbocycles. The number of morpholine rings is 1. The molecule has 2 fully saturated rings. The highest BCUT2D eigenvalue weighted by molar-refractivity contribution is 4.84. The minimum absolute atomic E-state index is 0.411. The second-order valence-corrected chi connectivity index (χ2v) is 4.95. The van der Waals surface area contributed by atoms with Gasteiger partial charge >= 0.3 is 0 Å². The third-order valence-corrected chi connectivity index (χ3v) is 3.67. The standard InChI is InChI=1S/C12H24N2O/c1-3-12-9-15-10(2)7-14(12)8-11-5-4-6-13-11/h10-13H,3-9H2,1-2H3. The molecular formula is C12H24N2O. The van der Waals surface area contributed by atoms with Crippen LogP contribution in [0.1, 0.15) is 33.1 Å². The summed E-state index contributed by atoms with van der Waals surface area (Å²) in [7, 11) is 0. The molecule has 0 amide bonds. The highest BCUT2D eigenvalue weighted by Gasteiger charge is 2.28. The average Bonchev–Trinajstić information content (AvgIpc) is 2.71. The first-order valence-electron chi connectivity index (χ1n) is 6.38. The van der Waals surface area contributed by atoms with E-state index in [1.807, 2.05) is 0 Å². The maximum Gasteiger partial charge on any atom is 0.0674 e. The molecule has 3 atom stereocenters. The molecule has 2 heterocycles. The lowest BCUT2D eigenvalue weighted by Gasteiger charge is -2.39. The van der Waals surface area contributed by atoms with Crippen LogP contribution in [0.25, 0.3) is 0 Å². The Labute approximate surface area is 93.2 Å². The van der Waals surface area contributed by atoms with Crippen molar-refractivity contribution in [2.24, 2.45) is 0 Å². The number of nitrogens with one attached hydrogen (secondary N) is 1. The molecule has 3 heteroatoms. The molecule has 3 nitrogen and oxygen atoms in total. The number of rotatable bonds is 3. The summed E-state index contributed by atoms with van der Waals surface area (Å²) in [6, 6.07) is 1.37. The molecule has 2 saturated heterocycles. The zero-order valence-electron chi connectivity index (χ0n) is 10.0. The van der Waals surface area contributed by atoms with E-state index in [0.29, 0.717) is 12.1 Å². The van der Waals surface area contributed by atoms with Gasteiger partial charge in [0, 0.05) is 25.2 Å². The van der Waals surface area contributed by atoms with Crippen LogP contribution in [-0.4, -0.2) is 49.3 Å². The van der Waals surface area contributed by atoms with E-state index in [1.54, 1.807) is 0 Å². The normalized spacial score (nSPS) is 38.4. The largest absolute Gasteiger partial charge is 0.376 e. The minimum atomic E-state index is 0.411. The fourth-order valence-electron chi connectivity index (χ4n) is 2.71. The van der Waals surface area contributed by atoms with Crippen molar-refractivity contribution < 1.29 is 4.74 Å². The van der Waals surface area contributed by atoms with Crippen molar-refractivity contribution in [1.29, 1.82) is 0 Å². The van der Waals surface area contributed by atoms with Gasteiger partial charge in [-0.25, -0.2) is 0 Å². The van der Waals surface area contributed by atoms with Crippen LogP contribution in [0.15, 0.2) is 0 Å². The summed E-state index contributed by atoms with van der Waals surface area (Å²) in [6.07, 6.45) is 4.32. The van der Waals surface area contributed by atoms with Gasteiger partial charge < -0.3 is 10.1 Å². The van der Waals surface area contributed by atoms with Gasteiger partial charge in [-0.3, -0.25) is 4.90 Å². The second-order valence-electron chi connectivity index (χ2n) is 4.95. The molecule has 0 spiro atoms. The van der Waals surface area contributed by atoms with Gasteiger partial charge in [0.2, 0.25) is 0 Å². The van der Waals surface area contributed by atoms with Gasteiger partial charge in [0.1, 0.15) is 0 Å². The van der Waals surface area contributed by atoms with Crippen LogP contribution in [0.5, 0.6) is 0 Å². The molecule has 0 aromatic heterocycles. The molecule has 2 aliphatic heterocycles. The van der Waals surface area contributed by atoms with Crippen LogP contribution in [0.4, 0.5) is 0 Å². The molecule has 3 unspecified atom stereocenters. The first-order chi connectivity index (χ1) is 7.29. The number of hydrogen-bond acceptors (Lipinski definition) is 3. The van der Waals surface area contributed by atoms with E-state index in [9.17, 15) is 0 Å². The summed E-state index contributed by atoms with van der Waals surface area (Å²) < 4.78 is 5.71. The van der Waals surface area contributed by atoms with E-state index in [1.165, 1.54) is 32.4 Å². The van der Waals surface area contributed by atoms with Crippen molar-refractivity contribution in [2.75, 3.05) is 26.2 Å². The molecule has 0 saturated carbocycles. The van der Waals surface area contributed by atoms with Crippen molar-refractivity contribution in [3.8, 4) is 0 Å². The molecular weight excluding hydrogens is 188 g/mol. The Bertz CT molecular complexity index is 192. The predicted octanol–water partition coefficient (Wildman–Crippen LogP) is 1.24. The van der Waals surface area contributed by atoms with Crippen molar-refractivity contribution >= 4 is 0 Å². The van der Waals surface area contributed by atoms with Crippen LogP contribution < -0.4 is 5.32 Å². The van der Waals surface area contributed by atoms with Crippen LogP contribution >= 0.6 is 0 Å². The summed E-state index contributed by atoms with van der Waals surface area (Å²) in [6.45, 7) is 8.90. The molecule has 15 heavy (non-hydrogen) atoms. The summed E-state index contributed by atoms with van der Waals surface area (Å²) in [5, 5.41) is 3.58. The Balaban J connectivity index is 1.85. The van der Waals surface area contributed by atoms with Crippen molar-refractivity contribution in [2.45, 2.75) is 51.3 Å². The number of ether oxygens (including phenoxy) is 1. The Morgan fingerprint density at radius 3 is 3.00 bits per heavy atom. The highest BCUT2D eigenvalue weighted by Crippen LogP contribution is 2.17. The Morgan fingerprint density at radius 1 is 1.47 bits per heavy atom. The molecule has 0 aromatic carbocycles. The number of hydrogen-bond donors (Lipinski definition) is 1. The van der Waals surface area contributed by atoms with E-state index in [-0.39, 0.29) is 0 Å². The minimum Gasteiger partial charge on any atom is -0.376 e.